The normalized spacial score (nSPS) is 24.5. The van der Waals surface area contributed by atoms with Gasteiger partial charge in [0.05, 0.1) is 15.5 Å². The quantitative estimate of drug-likeness (QED) is 0.505. The second kappa shape index (κ2) is 8.95. The van der Waals surface area contributed by atoms with Crippen molar-refractivity contribution in [1.29, 1.82) is 0 Å². The van der Waals surface area contributed by atoms with Gasteiger partial charge in [-0.2, -0.15) is 0 Å². The molecule has 0 spiro atoms. The van der Waals surface area contributed by atoms with Crippen molar-refractivity contribution in [2.24, 2.45) is 0 Å². The number of thioether (sulfide) groups is 2. The lowest BCUT2D eigenvalue weighted by Crippen LogP contribution is -2.30. The van der Waals surface area contributed by atoms with Crippen molar-refractivity contribution >= 4 is 43.2 Å². The molecule has 5 nitrogen and oxygen atoms in total. The van der Waals surface area contributed by atoms with Crippen LogP contribution in [0.2, 0.25) is 0 Å². The second-order valence-corrected chi connectivity index (χ2v) is 15.6. The molecule has 0 saturated carbocycles. The minimum Gasteiger partial charge on any atom is -0.316 e. The Morgan fingerprint density at radius 2 is 1.51 bits per heavy atom. The van der Waals surface area contributed by atoms with Crippen LogP contribution in [0, 0.1) is 0 Å². The first-order valence-corrected chi connectivity index (χ1v) is 16.7. The summed E-state index contributed by atoms with van der Waals surface area (Å²) in [6.07, 6.45) is 1.69. The maximum Gasteiger partial charge on any atom is 0.187 e. The lowest BCUT2D eigenvalue weighted by atomic mass is 9.99. The van der Waals surface area contributed by atoms with Crippen LogP contribution < -0.4 is 5.32 Å². The summed E-state index contributed by atoms with van der Waals surface area (Å²) in [6, 6.07) is 18.8. The maximum atomic E-state index is 13.9. The Labute approximate surface area is 214 Å². The number of benzene rings is 3. The van der Waals surface area contributed by atoms with E-state index in [1.165, 1.54) is 21.4 Å². The van der Waals surface area contributed by atoms with Crippen LogP contribution in [0.4, 0.5) is 0 Å². The van der Waals surface area contributed by atoms with E-state index >= 15 is 0 Å². The zero-order chi connectivity index (χ0) is 24.2. The average Bonchev–Trinajstić information content (AvgIpc) is 3.11. The third-order valence-electron chi connectivity index (χ3n) is 6.98. The standard InChI is InChI=1S/C26H25NO4S4/c28-34(29)16-26(20-6-5-17-9-11-27-12-10-18(17)13-20)35(30,31)25-14-19(7-8-24(25)34)23-15-32-21-3-1-2-4-22(21)33-23/h1-8,13-14,23,26-27H,9-12,15-16H2. The largest absolute Gasteiger partial charge is 0.316 e. The van der Waals surface area contributed by atoms with Crippen LogP contribution in [0.5, 0.6) is 0 Å². The van der Waals surface area contributed by atoms with Gasteiger partial charge in [0.2, 0.25) is 0 Å². The average molecular weight is 544 g/mol. The molecule has 0 amide bonds. The van der Waals surface area contributed by atoms with Crippen molar-refractivity contribution in [3.8, 4) is 0 Å². The molecule has 0 aliphatic carbocycles. The first kappa shape index (κ1) is 23.6. The van der Waals surface area contributed by atoms with Gasteiger partial charge in [0, 0.05) is 20.8 Å². The number of nitrogens with one attached hydrogen (secondary N) is 1. The van der Waals surface area contributed by atoms with Gasteiger partial charge in [-0.05, 0) is 72.5 Å². The fraction of sp³-hybridized carbons (Fsp3) is 0.308. The van der Waals surface area contributed by atoms with Gasteiger partial charge in [0.15, 0.2) is 19.7 Å². The Morgan fingerprint density at radius 3 is 2.34 bits per heavy atom. The Morgan fingerprint density at radius 1 is 0.771 bits per heavy atom. The molecule has 2 unspecified atom stereocenters. The summed E-state index contributed by atoms with van der Waals surface area (Å²) in [4.78, 5) is 2.28. The van der Waals surface area contributed by atoms with E-state index in [1.54, 1.807) is 41.7 Å². The third-order valence-corrected chi connectivity index (χ3v) is 14.1. The van der Waals surface area contributed by atoms with Crippen molar-refractivity contribution in [1.82, 2.24) is 5.32 Å². The molecule has 3 aromatic carbocycles. The summed E-state index contributed by atoms with van der Waals surface area (Å²) < 4.78 is 54.3. The topological polar surface area (TPSA) is 80.3 Å². The zero-order valence-electron chi connectivity index (χ0n) is 18.9. The molecule has 0 aromatic heterocycles. The molecule has 9 heteroatoms. The molecule has 0 saturated heterocycles. The molecule has 0 fully saturated rings. The highest BCUT2D eigenvalue weighted by molar-refractivity contribution is 8.05. The van der Waals surface area contributed by atoms with E-state index in [-0.39, 0.29) is 15.0 Å². The minimum atomic E-state index is -3.88. The molecule has 3 heterocycles. The monoisotopic (exact) mass is 543 g/mol. The van der Waals surface area contributed by atoms with Crippen LogP contribution in [-0.2, 0) is 32.5 Å². The first-order chi connectivity index (χ1) is 16.8. The minimum absolute atomic E-state index is 0.0488. The number of fused-ring (bicyclic) bond motifs is 3. The molecule has 6 rings (SSSR count). The van der Waals surface area contributed by atoms with E-state index < -0.39 is 30.7 Å². The lowest BCUT2D eigenvalue weighted by Gasteiger charge is -2.28. The van der Waals surface area contributed by atoms with Gasteiger partial charge in [-0.1, -0.05) is 36.4 Å². The van der Waals surface area contributed by atoms with Crippen molar-refractivity contribution < 1.29 is 16.8 Å². The molecule has 0 radical (unpaired) electrons. The molecule has 182 valence electrons. The molecule has 3 aliphatic heterocycles. The first-order valence-electron chi connectivity index (χ1n) is 11.6. The van der Waals surface area contributed by atoms with Crippen LogP contribution >= 0.6 is 23.5 Å². The number of rotatable bonds is 2. The maximum absolute atomic E-state index is 13.9. The van der Waals surface area contributed by atoms with E-state index in [1.807, 2.05) is 24.3 Å². The number of hydrogen-bond donors (Lipinski definition) is 1. The van der Waals surface area contributed by atoms with Crippen molar-refractivity contribution in [2.45, 2.75) is 42.9 Å². The van der Waals surface area contributed by atoms with Gasteiger partial charge in [0.1, 0.15) is 5.25 Å². The molecule has 0 bridgehead atoms. The van der Waals surface area contributed by atoms with Crippen molar-refractivity contribution in [3.63, 3.8) is 0 Å². The Bertz CT molecular complexity index is 1530. The summed E-state index contributed by atoms with van der Waals surface area (Å²) in [5.41, 5.74) is 3.73. The highest BCUT2D eigenvalue weighted by Gasteiger charge is 2.43. The molecular formula is C26H25NO4S4. The predicted molar refractivity (Wildman–Crippen MR) is 141 cm³/mol. The van der Waals surface area contributed by atoms with E-state index in [2.05, 4.69) is 17.4 Å². The summed E-state index contributed by atoms with van der Waals surface area (Å²) in [5.74, 6) is 0.385. The van der Waals surface area contributed by atoms with Crippen LogP contribution in [-0.4, -0.2) is 41.4 Å². The van der Waals surface area contributed by atoms with E-state index in [0.717, 1.165) is 42.8 Å². The van der Waals surface area contributed by atoms with E-state index in [0.29, 0.717) is 5.56 Å². The van der Waals surface area contributed by atoms with Crippen LogP contribution in [0.15, 0.2) is 80.2 Å². The lowest BCUT2D eigenvalue weighted by molar-refractivity contribution is 0.562. The SMILES string of the molecule is O=S1(=O)CC(c2ccc3c(c2)CCNCC3)S(=O)(=O)c2cc(C3CSc4ccccc4S3)ccc21. The fourth-order valence-electron chi connectivity index (χ4n) is 5.09. The van der Waals surface area contributed by atoms with Crippen LogP contribution in [0.1, 0.15) is 32.8 Å². The van der Waals surface area contributed by atoms with Gasteiger partial charge >= 0.3 is 0 Å². The molecular weight excluding hydrogens is 519 g/mol. The molecule has 2 atom stereocenters. The van der Waals surface area contributed by atoms with Crippen LogP contribution in [0.25, 0.3) is 0 Å². The van der Waals surface area contributed by atoms with Gasteiger partial charge < -0.3 is 5.32 Å². The summed E-state index contributed by atoms with van der Waals surface area (Å²) in [5, 5.41) is 2.32. The molecule has 1 N–H and O–H groups in total. The van der Waals surface area contributed by atoms with Crippen molar-refractivity contribution in [2.75, 3.05) is 24.6 Å². The van der Waals surface area contributed by atoms with Gasteiger partial charge in [-0.15, -0.1) is 23.5 Å². The molecule has 3 aliphatic rings. The van der Waals surface area contributed by atoms with E-state index in [4.69, 9.17) is 0 Å². The van der Waals surface area contributed by atoms with Gasteiger partial charge in [-0.3, -0.25) is 0 Å². The second-order valence-electron chi connectivity index (χ2n) is 9.16. The Hall–Kier alpha value is -1.78. The summed E-state index contributed by atoms with van der Waals surface area (Å²) in [7, 11) is -7.61. The van der Waals surface area contributed by atoms with Gasteiger partial charge in [0.25, 0.3) is 0 Å². The van der Waals surface area contributed by atoms with Gasteiger partial charge in [-0.25, -0.2) is 16.8 Å². The Balaban J connectivity index is 1.40. The fourth-order valence-corrected chi connectivity index (χ4v) is 12.6. The molecule has 35 heavy (non-hydrogen) atoms. The number of sulfone groups is 2. The summed E-state index contributed by atoms with van der Waals surface area (Å²) in [6.45, 7) is 1.72. The highest BCUT2D eigenvalue weighted by Crippen LogP contribution is 2.49. The third kappa shape index (κ3) is 4.25. The van der Waals surface area contributed by atoms with Crippen molar-refractivity contribution in [3.05, 3.63) is 82.9 Å². The zero-order valence-corrected chi connectivity index (χ0v) is 22.2. The summed E-state index contributed by atoms with van der Waals surface area (Å²) >= 11 is 3.45. The smallest absolute Gasteiger partial charge is 0.187 e. The highest BCUT2D eigenvalue weighted by atomic mass is 32.2. The number of hydrogen-bond acceptors (Lipinski definition) is 7. The molecule has 3 aromatic rings. The van der Waals surface area contributed by atoms with Crippen LogP contribution in [0.3, 0.4) is 0 Å². The van der Waals surface area contributed by atoms with E-state index in [9.17, 15) is 16.8 Å². The Kier molecular flexibility index (Phi) is 6.04. The predicted octanol–water partition coefficient (Wildman–Crippen LogP) is 4.62.